The van der Waals surface area contributed by atoms with Gasteiger partial charge in [0.15, 0.2) is 0 Å². The van der Waals surface area contributed by atoms with E-state index in [4.69, 9.17) is 0 Å². The van der Waals surface area contributed by atoms with Crippen LogP contribution in [0.4, 0.5) is 13.2 Å². The number of nitrogens with one attached hydrogen (secondary N) is 1. The highest BCUT2D eigenvalue weighted by atomic mass is 19.3. The molecule has 0 aromatic heterocycles. The van der Waals surface area contributed by atoms with E-state index < -0.39 is 6.43 Å². The summed E-state index contributed by atoms with van der Waals surface area (Å²) in [7, 11) is 0. The van der Waals surface area contributed by atoms with Gasteiger partial charge in [0.1, 0.15) is 5.82 Å². The minimum Gasteiger partial charge on any atom is -0.305 e. The van der Waals surface area contributed by atoms with Gasteiger partial charge >= 0.3 is 0 Å². The van der Waals surface area contributed by atoms with Crippen LogP contribution in [0.5, 0.6) is 0 Å². The Bertz CT molecular complexity index is 288. The normalized spacial score (nSPS) is 13.2. The van der Waals surface area contributed by atoms with Crippen molar-refractivity contribution in [3.8, 4) is 0 Å². The second-order valence-corrected chi connectivity index (χ2v) is 3.08. The Labute approximate surface area is 80.9 Å². The maximum atomic E-state index is 12.8. The summed E-state index contributed by atoms with van der Waals surface area (Å²) < 4.78 is 36.5. The van der Waals surface area contributed by atoms with E-state index in [9.17, 15) is 13.2 Å². The average molecular weight is 203 g/mol. The zero-order chi connectivity index (χ0) is 10.6. The summed E-state index contributed by atoms with van der Waals surface area (Å²) in [5.41, 5.74) is 0.672. The molecule has 0 bridgehead atoms. The Hall–Kier alpha value is -1.03. The van der Waals surface area contributed by atoms with Crippen LogP contribution in [0.1, 0.15) is 18.5 Å². The Morgan fingerprint density at radius 3 is 2.64 bits per heavy atom. The first-order chi connectivity index (χ1) is 6.59. The van der Waals surface area contributed by atoms with Gasteiger partial charge in [0, 0.05) is 6.04 Å². The molecule has 1 aromatic carbocycles. The van der Waals surface area contributed by atoms with E-state index in [1.807, 2.05) is 0 Å². The lowest BCUT2D eigenvalue weighted by atomic mass is 10.1. The van der Waals surface area contributed by atoms with Gasteiger partial charge in [-0.05, 0) is 24.6 Å². The molecule has 0 radical (unpaired) electrons. The maximum absolute atomic E-state index is 12.8. The van der Waals surface area contributed by atoms with Gasteiger partial charge in [-0.1, -0.05) is 12.1 Å². The van der Waals surface area contributed by atoms with Crippen molar-refractivity contribution in [2.45, 2.75) is 19.4 Å². The number of halogens is 3. The van der Waals surface area contributed by atoms with Gasteiger partial charge in [-0.3, -0.25) is 0 Å². The van der Waals surface area contributed by atoms with E-state index in [1.165, 1.54) is 12.1 Å². The maximum Gasteiger partial charge on any atom is 0.250 e. The SMILES string of the molecule is C[C@@H](NCC(F)F)c1cccc(F)c1. The highest BCUT2D eigenvalue weighted by molar-refractivity contribution is 5.19. The summed E-state index contributed by atoms with van der Waals surface area (Å²) >= 11 is 0. The quantitative estimate of drug-likeness (QED) is 0.793. The molecule has 1 N–H and O–H groups in total. The zero-order valence-electron chi connectivity index (χ0n) is 7.81. The molecule has 0 aliphatic rings. The summed E-state index contributed by atoms with van der Waals surface area (Å²) in [4.78, 5) is 0. The second-order valence-electron chi connectivity index (χ2n) is 3.08. The minimum absolute atomic E-state index is 0.264. The molecule has 0 amide bonds. The molecule has 0 aliphatic heterocycles. The number of hydrogen-bond acceptors (Lipinski definition) is 1. The molecule has 1 rings (SSSR count). The smallest absolute Gasteiger partial charge is 0.250 e. The third-order valence-corrected chi connectivity index (χ3v) is 1.93. The van der Waals surface area contributed by atoms with Crippen molar-refractivity contribution in [1.82, 2.24) is 5.32 Å². The molecule has 4 heteroatoms. The molecule has 1 nitrogen and oxygen atoms in total. The van der Waals surface area contributed by atoms with Crippen molar-refractivity contribution >= 4 is 0 Å². The molecular formula is C10H12F3N. The number of benzene rings is 1. The van der Waals surface area contributed by atoms with Crippen molar-refractivity contribution in [2.24, 2.45) is 0 Å². The number of alkyl halides is 2. The van der Waals surface area contributed by atoms with E-state index in [0.717, 1.165) is 0 Å². The Morgan fingerprint density at radius 2 is 2.07 bits per heavy atom. The molecule has 1 atom stereocenters. The molecule has 1 aromatic rings. The third kappa shape index (κ3) is 3.38. The van der Waals surface area contributed by atoms with Crippen LogP contribution in [-0.2, 0) is 0 Å². The zero-order valence-corrected chi connectivity index (χ0v) is 7.81. The van der Waals surface area contributed by atoms with Crippen LogP contribution < -0.4 is 5.32 Å². The van der Waals surface area contributed by atoms with E-state index >= 15 is 0 Å². The summed E-state index contributed by atoms with van der Waals surface area (Å²) in [5.74, 6) is -0.354. The molecule has 0 saturated heterocycles. The highest BCUT2D eigenvalue weighted by Crippen LogP contribution is 2.13. The number of rotatable bonds is 4. The van der Waals surface area contributed by atoms with Gasteiger partial charge in [-0.2, -0.15) is 0 Å². The first-order valence-corrected chi connectivity index (χ1v) is 4.36. The van der Waals surface area contributed by atoms with Crippen LogP contribution in [0.3, 0.4) is 0 Å². The van der Waals surface area contributed by atoms with Crippen molar-refractivity contribution < 1.29 is 13.2 Å². The molecule has 0 spiro atoms. The molecule has 0 aliphatic carbocycles. The topological polar surface area (TPSA) is 12.0 Å². The predicted octanol–water partition coefficient (Wildman–Crippen LogP) is 2.74. The average Bonchev–Trinajstić information content (AvgIpc) is 2.14. The van der Waals surface area contributed by atoms with E-state index in [0.29, 0.717) is 5.56 Å². The molecule has 0 saturated carbocycles. The van der Waals surface area contributed by atoms with Gasteiger partial charge in [-0.25, -0.2) is 13.2 Å². The van der Waals surface area contributed by atoms with E-state index in [2.05, 4.69) is 5.32 Å². The molecule has 78 valence electrons. The van der Waals surface area contributed by atoms with Crippen LogP contribution in [0.2, 0.25) is 0 Å². The summed E-state index contributed by atoms with van der Waals surface area (Å²) in [5, 5.41) is 2.61. The molecule has 0 heterocycles. The standard InChI is InChI=1S/C10H12F3N/c1-7(14-6-10(12)13)8-3-2-4-9(11)5-8/h2-5,7,10,14H,6H2,1H3/t7-/m1/s1. The van der Waals surface area contributed by atoms with Gasteiger partial charge in [0.2, 0.25) is 0 Å². The first-order valence-electron chi connectivity index (χ1n) is 4.36. The van der Waals surface area contributed by atoms with Crippen LogP contribution in [0.25, 0.3) is 0 Å². The van der Waals surface area contributed by atoms with Crippen molar-refractivity contribution in [1.29, 1.82) is 0 Å². The third-order valence-electron chi connectivity index (χ3n) is 1.93. The molecule has 0 unspecified atom stereocenters. The lowest BCUT2D eigenvalue weighted by Crippen LogP contribution is -2.24. The first kappa shape index (κ1) is 11.0. The highest BCUT2D eigenvalue weighted by Gasteiger charge is 2.08. The fourth-order valence-electron chi connectivity index (χ4n) is 1.16. The molecule has 14 heavy (non-hydrogen) atoms. The number of hydrogen-bond donors (Lipinski definition) is 1. The van der Waals surface area contributed by atoms with E-state index in [1.54, 1.807) is 19.1 Å². The molecular weight excluding hydrogens is 191 g/mol. The van der Waals surface area contributed by atoms with E-state index in [-0.39, 0.29) is 18.4 Å². The van der Waals surface area contributed by atoms with Gasteiger partial charge in [0.05, 0.1) is 6.54 Å². The monoisotopic (exact) mass is 203 g/mol. The fraction of sp³-hybridized carbons (Fsp3) is 0.400. The summed E-state index contributed by atoms with van der Waals surface area (Å²) in [6.07, 6.45) is -2.38. The largest absolute Gasteiger partial charge is 0.305 e. The lowest BCUT2D eigenvalue weighted by molar-refractivity contribution is 0.142. The summed E-state index contributed by atoms with van der Waals surface area (Å²) in [6.45, 7) is 1.34. The van der Waals surface area contributed by atoms with Crippen molar-refractivity contribution in [2.75, 3.05) is 6.54 Å². The Balaban J connectivity index is 2.56. The Morgan fingerprint density at radius 1 is 1.36 bits per heavy atom. The Kier molecular flexibility index (Phi) is 3.95. The van der Waals surface area contributed by atoms with Crippen LogP contribution in [0, 0.1) is 5.82 Å². The van der Waals surface area contributed by atoms with Gasteiger partial charge in [-0.15, -0.1) is 0 Å². The van der Waals surface area contributed by atoms with Crippen LogP contribution in [0.15, 0.2) is 24.3 Å². The second kappa shape index (κ2) is 5.00. The fourth-order valence-corrected chi connectivity index (χ4v) is 1.16. The van der Waals surface area contributed by atoms with Gasteiger partial charge < -0.3 is 5.32 Å². The predicted molar refractivity (Wildman–Crippen MR) is 48.8 cm³/mol. The van der Waals surface area contributed by atoms with Crippen LogP contribution >= 0.6 is 0 Å². The summed E-state index contributed by atoms with van der Waals surface area (Å²) in [6, 6.07) is 5.66. The minimum atomic E-state index is -2.38. The van der Waals surface area contributed by atoms with Gasteiger partial charge in [0.25, 0.3) is 6.43 Å². The van der Waals surface area contributed by atoms with Crippen LogP contribution in [-0.4, -0.2) is 13.0 Å². The lowest BCUT2D eigenvalue weighted by Gasteiger charge is -2.13. The van der Waals surface area contributed by atoms with Crippen molar-refractivity contribution in [3.63, 3.8) is 0 Å². The molecule has 0 fully saturated rings. The van der Waals surface area contributed by atoms with Crippen molar-refractivity contribution in [3.05, 3.63) is 35.6 Å².